The lowest BCUT2D eigenvalue weighted by molar-refractivity contribution is -0.122. The molecule has 0 radical (unpaired) electrons. The highest BCUT2D eigenvalue weighted by Crippen LogP contribution is 2.32. The molecule has 0 spiro atoms. The van der Waals surface area contributed by atoms with Gasteiger partial charge in [-0.1, -0.05) is 17.3 Å². The number of anilines is 1. The van der Waals surface area contributed by atoms with E-state index in [2.05, 4.69) is 21.5 Å². The van der Waals surface area contributed by atoms with Crippen molar-refractivity contribution in [3.63, 3.8) is 0 Å². The zero-order chi connectivity index (χ0) is 21.3. The van der Waals surface area contributed by atoms with Crippen molar-refractivity contribution in [1.82, 2.24) is 20.0 Å². The number of aryl methyl sites for hydroxylation is 2. The number of likely N-dealkylation sites (N-methyl/N-ethyl adjacent to an activating group) is 1. The molecule has 4 aromatic rings. The third kappa shape index (κ3) is 3.71. The first kappa shape index (κ1) is 19.5. The van der Waals surface area contributed by atoms with Crippen molar-refractivity contribution in [1.29, 1.82) is 0 Å². The Balaban J connectivity index is 1.61. The van der Waals surface area contributed by atoms with E-state index in [0.29, 0.717) is 18.0 Å². The van der Waals surface area contributed by atoms with Crippen LogP contribution in [0.4, 0.5) is 5.69 Å². The number of carbonyl (C=O) groups excluding carboxylic acids is 1. The monoisotopic (exact) mass is 405 g/mol. The van der Waals surface area contributed by atoms with Crippen LogP contribution in [-0.4, -0.2) is 34.3 Å². The Morgan fingerprint density at radius 2 is 2.00 bits per heavy atom. The van der Waals surface area contributed by atoms with E-state index in [1.54, 1.807) is 13.4 Å². The molecular formula is C22H23N5O3. The van der Waals surface area contributed by atoms with E-state index in [1.807, 2.05) is 48.7 Å². The Hall–Kier alpha value is -3.81. The van der Waals surface area contributed by atoms with E-state index < -0.39 is 0 Å². The predicted octanol–water partition coefficient (Wildman–Crippen LogP) is 3.06. The van der Waals surface area contributed by atoms with E-state index in [-0.39, 0.29) is 12.5 Å². The second-order valence-electron chi connectivity index (χ2n) is 7.11. The summed E-state index contributed by atoms with van der Waals surface area (Å²) in [7, 11) is 1.58. The molecule has 8 heteroatoms. The van der Waals surface area contributed by atoms with E-state index >= 15 is 0 Å². The van der Waals surface area contributed by atoms with Gasteiger partial charge in [0.15, 0.2) is 6.61 Å². The van der Waals surface area contributed by atoms with Crippen LogP contribution < -0.4 is 15.8 Å². The summed E-state index contributed by atoms with van der Waals surface area (Å²) in [6.45, 7) is 4.42. The summed E-state index contributed by atoms with van der Waals surface area (Å²) in [6.07, 6.45) is 1.79. The summed E-state index contributed by atoms with van der Waals surface area (Å²) in [4.78, 5) is 15.8. The maximum Gasteiger partial charge on any atom is 0.257 e. The van der Waals surface area contributed by atoms with Crippen molar-refractivity contribution in [2.75, 3.05) is 19.4 Å². The number of nitrogens with one attached hydrogen (secondary N) is 1. The highest BCUT2D eigenvalue weighted by Gasteiger charge is 2.15. The molecule has 3 N–H and O–H groups in total. The molecular weight excluding hydrogens is 382 g/mol. The molecule has 4 rings (SSSR count). The smallest absolute Gasteiger partial charge is 0.257 e. The topological polar surface area (TPSA) is 108 Å². The van der Waals surface area contributed by atoms with Crippen molar-refractivity contribution in [3.05, 3.63) is 59.7 Å². The fourth-order valence-corrected chi connectivity index (χ4v) is 3.46. The molecule has 30 heavy (non-hydrogen) atoms. The number of fused-ring (bicyclic) bond motifs is 1. The minimum absolute atomic E-state index is 0.00817. The summed E-state index contributed by atoms with van der Waals surface area (Å²) in [5, 5.41) is 6.57. The molecule has 1 amide bonds. The summed E-state index contributed by atoms with van der Waals surface area (Å²) >= 11 is 0. The van der Waals surface area contributed by atoms with Gasteiger partial charge in [0.05, 0.1) is 23.2 Å². The largest absolute Gasteiger partial charge is 0.484 e. The maximum absolute atomic E-state index is 11.3. The van der Waals surface area contributed by atoms with Crippen LogP contribution in [0.1, 0.15) is 17.0 Å². The summed E-state index contributed by atoms with van der Waals surface area (Å²) in [5.41, 5.74) is 12.4. The third-order valence-electron chi connectivity index (χ3n) is 5.00. The van der Waals surface area contributed by atoms with Crippen molar-refractivity contribution >= 4 is 22.6 Å². The molecule has 0 atom stereocenters. The number of carbonyl (C=O) groups is 1. The van der Waals surface area contributed by atoms with Gasteiger partial charge in [0.25, 0.3) is 5.91 Å². The quantitative estimate of drug-likeness (QED) is 0.477. The van der Waals surface area contributed by atoms with Crippen molar-refractivity contribution in [2.45, 2.75) is 20.4 Å². The van der Waals surface area contributed by atoms with Crippen LogP contribution in [0.2, 0.25) is 0 Å². The standard InChI is InChI=1S/C22H23N5O3/c1-13-21(14(2)30-26-13)16-8-18(23)22-19(9-16)27(12-25-22)10-15-4-6-17(7-5-15)29-11-20(28)24-3/h4-9,12H,10-11,23H2,1-3H3,(H,24,28). The second-order valence-corrected chi connectivity index (χ2v) is 7.11. The van der Waals surface area contributed by atoms with Crippen LogP contribution in [0.5, 0.6) is 5.75 Å². The Labute approximate surface area is 173 Å². The van der Waals surface area contributed by atoms with Crippen LogP contribution in [0, 0.1) is 13.8 Å². The lowest BCUT2D eigenvalue weighted by Crippen LogP contribution is -2.24. The van der Waals surface area contributed by atoms with Crippen LogP contribution in [0.15, 0.2) is 47.2 Å². The van der Waals surface area contributed by atoms with Gasteiger partial charge >= 0.3 is 0 Å². The van der Waals surface area contributed by atoms with E-state index in [1.165, 1.54) is 0 Å². The number of aromatic nitrogens is 3. The van der Waals surface area contributed by atoms with Crippen LogP contribution in [0.25, 0.3) is 22.2 Å². The number of nitrogen functional groups attached to an aromatic ring is 1. The zero-order valence-electron chi connectivity index (χ0n) is 17.1. The van der Waals surface area contributed by atoms with Crippen molar-refractivity contribution in [3.8, 4) is 16.9 Å². The number of benzene rings is 2. The van der Waals surface area contributed by atoms with Gasteiger partial charge in [0.2, 0.25) is 0 Å². The lowest BCUT2D eigenvalue weighted by atomic mass is 10.0. The molecule has 0 aliphatic rings. The molecule has 2 heterocycles. The first-order chi connectivity index (χ1) is 14.5. The molecule has 2 aromatic heterocycles. The molecule has 0 aliphatic carbocycles. The van der Waals surface area contributed by atoms with E-state index in [0.717, 1.165) is 39.2 Å². The molecule has 0 saturated heterocycles. The molecule has 0 fully saturated rings. The van der Waals surface area contributed by atoms with E-state index in [9.17, 15) is 4.79 Å². The minimum Gasteiger partial charge on any atom is -0.484 e. The van der Waals surface area contributed by atoms with Crippen LogP contribution in [0.3, 0.4) is 0 Å². The Bertz CT molecular complexity index is 1190. The molecule has 0 bridgehead atoms. The predicted molar refractivity (Wildman–Crippen MR) is 114 cm³/mol. The second kappa shape index (κ2) is 7.90. The molecule has 2 aromatic carbocycles. The molecule has 0 aliphatic heterocycles. The molecule has 8 nitrogen and oxygen atoms in total. The van der Waals surface area contributed by atoms with Crippen LogP contribution >= 0.6 is 0 Å². The zero-order valence-corrected chi connectivity index (χ0v) is 17.1. The molecule has 154 valence electrons. The lowest BCUT2D eigenvalue weighted by Gasteiger charge is -2.09. The first-order valence-electron chi connectivity index (χ1n) is 9.56. The van der Waals surface area contributed by atoms with E-state index in [4.69, 9.17) is 15.0 Å². The number of amides is 1. The number of hydrogen-bond acceptors (Lipinski definition) is 6. The normalized spacial score (nSPS) is 11.0. The molecule has 0 saturated carbocycles. The summed E-state index contributed by atoms with van der Waals surface area (Å²) in [5.74, 6) is 1.23. The van der Waals surface area contributed by atoms with Gasteiger partial charge < -0.3 is 24.9 Å². The number of rotatable bonds is 6. The summed E-state index contributed by atoms with van der Waals surface area (Å²) in [6, 6.07) is 11.6. The third-order valence-corrected chi connectivity index (χ3v) is 5.00. The van der Waals surface area contributed by atoms with Gasteiger partial charge in [0, 0.05) is 19.2 Å². The highest BCUT2D eigenvalue weighted by atomic mass is 16.5. The number of imidazole rings is 1. The van der Waals surface area contributed by atoms with Crippen molar-refractivity contribution in [2.24, 2.45) is 0 Å². The number of nitrogens with zero attached hydrogens (tertiary/aromatic N) is 3. The first-order valence-corrected chi connectivity index (χ1v) is 9.56. The average Bonchev–Trinajstić information content (AvgIpc) is 3.30. The maximum atomic E-state index is 11.3. The van der Waals surface area contributed by atoms with Crippen molar-refractivity contribution < 1.29 is 14.1 Å². The fraction of sp³-hybridized carbons (Fsp3) is 0.227. The highest BCUT2D eigenvalue weighted by molar-refractivity contribution is 5.92. The Morgan fingerprint density at radius 3 is 2.67 bits per heavy atom. The van der Waals surface area contributed by atoms with Gasteiger partial charge in [-0.25, -0.2) is 4.98 Å². The summed E-state index contributed by atoms with van der Waals surface area (Å²) < 4.78 is 12.8. The fourth-order valence-electron chi connectivity index (χ4n) is 3.46. The number of hydrogen-bond donors (Lipinski definition) is 2. The molecule has 0 unspecified atom stereocenters. The van der Waals surface area contributed by atoms with Gasteiger partial charge in [-0.05, 0) is 49.2 Å². The van der Waals surface area contributed by atoms with Gasteiger partial charge in [-0.3, -0.25) is 4.79 Å². The Morgan fingerprint density at radius 1 is 1.23 bits per heavy atom. The van der Waals surface area contributed by atoms with Gasteiger partial charge in [-0.2, -0.15) is 0 Å². The van der Waals surface area contributed by atoms with Gasteiger partial charge in [-0.15, -0.1) is 0 Å². The number of nitrogens with two attached hydrogens (primary N) is 1. The SMILES string of the molecule is CNC(=O)COc1ccc(Cn2cnc3c(N)cc(-c4c(C)noc4C)cc32)cc1. The average molecular weight is 405 g/mol. The van der Waals surface area contributed by atoms with Crippen LogP contribution in [-0.2, 0) is 11.3 Å². The van der Waals surface area contributed by atoms with Gasteiger partial charge in [0.1, 0.15) is 17.0 Å². The number of ether oxygens (including phenoxy) is 1. The Kier molecular flexibility index (Phi) is 5.14. The minimum atomic E-state index is -0.171.